The number of nitrogens with one attached hydrogen (secondary N) is 1. The first-order valence-electron chi connectivity index (χ1n) is 11.5. The minimum absolute atomic E-state index is 0.0447. The second-order valence-corrected chi connectivity index (χ2v) is 9.57. The molecule has 1 aromatic carbocycles. The van der Waals surface area contributed by atoms with Crippen LogP contribution < -0.4 is 5.32 Å². The number of aromatic nitrogens is 1. The Hall–Kier alpha value is -2.99. The second kappa shape index (κ2) is 11.2. The molecule has 5 nitrogen and oxygen atoms in total. The molecule has 0 aliphatic heterocycles. The van der Waals surface area contributed by atoms with Gasteiger partial charge < -0.3 is 15.2 Å². The van der Waals surface area contributed by atoms with Crippen molar-refractivity contribution in [3.8, 4) is 0 Å². The summed E-state index contributed by atoms with van der Waals surface area (Å²) in [6.07, 6.45) is 12.1. The molecule has 2 aromatic rings. The standard InChI is InChI=1S/C27H30N2O3S/c1-2-33-24-10-12-29-26(18-24)28-11-5-13-32-23-9-8-19-14-22(17-27(30)31)25-7-4-3-6-20(25)15-21(19)16-23/h3-4,6-10,12,14,16,18-19,21H,2,5,11,13,15,17H2,1H3,(H,28,29)(H,30,31). The van der Waals surface area contributed by atoms with E-state index in [1.807, 2.05) is 48.3 Å². The van der Waals surface area contributed by atoms with Crippen molar-refractivity contribution in [1.82, 2.24) is 4.98 Å². The average molecular weight is 463 g/mol. The highest BCUT2D eigenvalue weighted by atomic mass is 32.2. The first-order valence-corrected chi connectivity index (χ1v) is 12.5. The van der Waals surface area contributed by atoms with Crippen molar-refractivity contribution in [2.75, 3.05) is 24.2 Å². The lowest BCUT2D eigenvalue weighted by atomic mass is 9.84. The maximum absolute atomic E-state index is 11.4. The van der Waals surface area contributed by atoms with Gasteiger partial charge in [0.25, 0.3) is 0 Å². The fraction of sp³-hybridized carbons (Fsp3) is 0.333. The van der Waals surface area contributed by atoms with E-state index >= 15 is 0 Å². The molecular weight excluding hydrogens is 432 g/mol. The van der Waals surface area contributed by atoms with Gasteiger partial charge in [0.1, 0.15) is 11.6 Å². The number of benzene rings is 1. The maximum atomic E-state index is 11.4. The number of pyridine rings is 1. The van der Waals surface area contributed by atoms with E-state index in [1.165, 1.54) is 10.5 Å². The Kier molecular flexibility index (Phi) is 7.89. The van der Waals surface area contributed by atoms with E-state index in [0.717, 1.165) is 47.9 Å². The molecule has 2 unspecified atom stereocenters. The van der Waals surface area contributed by atoms with Crippen molar-refractivity contribution in [2.24, 2.45) is 11.8 Å². The summed E-state index contributed by atoms with van der Waals surface area (Å²) >= 11 is 1.81. The van der Waals surface area contributed by atoms with E-state index in [9.17, 15) is 9.90 Å². The number of hydrogen-bond donors (Lipinski definition) is 2. The fourth-order valence-corrected chi connectivity index (χ4v) is 5.03. The van der Waals surface area contributed by atoms with Crippen LogP contribution in [0, 0.1) is 11.8 Å². The van der Waals surface area contributed by atoms with E-state index in [-0.39, 0.29) is 18.3 Å². The molecule has 2 atom stereocenters. The highest BCUT2D eigenvalue weighted by Crippen LogP contribution is 2.37. The van der Waals surface area contributed by atoms with Gasteiger partial charge in [-0.2, -0.15) is 0 Å². The number of thioether (sulfide) groups is 1. The molecule has 33 heavy (non-hydrogen) atoms. The van der Waals surface area contributed by atoms with Crippen LogP contribution in [0.2, 0.25) is 0 Å². The van der Waals surface area contributed by atoms with Crippen LogP contribution in [0.4, 0.5) is 5.82 Å². The third kappa shape index (κ3) is 6.29. The summed E-state index contributed by atoms with van der Waals surface area (Å²) in [6, 6.07) is 12.3. The Balaban J connectivity index is 1.33. The molecule has 0 spiro atoms. The quantitative estimate of drug-likeness (QED) is 0.343. The van der Waals surface area contributed by atoms with Gasteiger partial charge in [0, 0.05) is 23.6 Å². The van der Waals surface area contributed by atoms with Gasteiger partial charge in [0.2, 0.25) is 0 Å². The Labute approximate surface area is 199 Å². The molecule has 0 saturated heterocycles. The molecule has 2 aliphatic rings. The topological polar surface area (TPSA) is 71.5 Å². The zero-order valence-corrected chi connectivity index (χ0v) is 19.7. The van der Waals surface area contributed by atoms with Gasteiger partial charge >= 0.3 is 5.97 Å². The zero-order chi connectivity index (χ0) is 23.0. The van der Waals surface area contributed by atoms with Crippen molar-refractivity contribution >= 4 is 29.1 Å². The number of allylic oxidation sites excluding steroid dienone is 4. The van der Waals surface area contributed by atoms with E-state index in [4.69, 9.17) is 4.74 Å². The molecule has 0 fully saturated rings. The molecule has 0 radical (unpaired) electrons. The van der Waals surface area contributed by atoms with Gasteiger partial charge in [-0.3, -0.25) is 4.79 Å². The minimum Gasteiger partial charge on any atom is -0.494 e. The number of carboxylic acids is 1. The normalized spacial score (nSPS) is 18.9. The van der Waals surface area contributed by atoms with Gasteiger partial charge in [0.15, 0.2) is 0 Å². The first-order chi connectivity index (χ1) is 16.1. The number of nitrogens with zero attached hydrogens (tertiary/aromatic N) is 1. The first kappa shape index (κ1) is 23.2. The molecule has 0 bridgehead atoms. The lowest BCUT2D eigenvalue weighted by Crippen LogP contribution is -2.15. The van der Waals surface area contributed by atoms with Crippen molar-refractivity contribution in [3.05, 3.63) is 83.8 Å². The number of ether oxygens (including phenoxy) is 1. The summed E-state index contributed by atoms with van der Waals surface area (Å²) in [6.45, 7) is 3.57. The van der Waals surface area contributed by atoms with Crippen LogP contribution in [-0.2, 0) is 16.0 Å². The van der Waals surface area contributed by atoms with Crippen LogP contribution in [0.3, 0.4) is 0 Å². The van der Waals surface area contributed by atoms with Crippen LogP contribution in [0.1, 0.15) is 30.9 Å². The molecule has 1 heterocycles. The Morgan fingerprint density at radius 1 is 1.27 bits per heavy atom. The van der Waals surface area contributed by atoms with Crippen LogP contribution in [0.5, 0.6) is 0 Å². The van der Waals surface area contributed by atoms with Crippen molar-refractivity contribution in [1.29, 1.82) is 0 Å². The van der Waals surface area contributed by atoms with Gasteiger partial charge in [-0.1, -0.05) is 43.3 Å². The zero-order valence-electron chi connectivity index (χ0n) is 18.9. The second-order valence-electron chi connectivity index (χ2n) is 8.23. The highest BCUT2D eigenvalue weighted by molar-refractivity contribution is 7.99. The van der Waals surface area contributed by atoms with E-state index in [0.29, 0.717) is 6.61 Å². The molecule has 2 aliphatic carbocycles. The number of rotatable bonds is 10. The fourth-order valence-electron chi connectivity index (χ4n) is 4.34. The molecular formula is C27H30N2O3S. The number of carboxylic acid groups (broad SMARTS) is 1. The number of hydrogen-bond acceptors (Lipinski definition) is 5. The SMILES string of the molecule is CCSc1ccnc(NCCCOC2=CC3Cc4ccccc4C(CC(=O)O)=CC3C=C2)c1. The number of carbonyl (C=O) groups is 1. The van der Waals surface area contributed by atoms with Crippen LogP contribution >= 0.6 is 11.8 Å². The van der Waals surface area contributed by atoms with E-state index in [2.05, 4.69) is 47.6 Å². The molecule has 0 amide bonds. The number of fused-ring (bicyclic) bond motifs is 2. The minimum atomic E-state index is -0.798. The lowest BCUT2D eigenvalue weighted by molar-refractivity contribution is -0.135. The van der Waals surface area contributed by atoms with E-state index in [1.54, 1.807) is 0 Å². The van der Waals surface area contributed by atoms with Gasteiger partial charge in [-0.15, -0.1) is 11.8 Å². The summed E-state index contributed by atoms with van der Waals surface area (Å²) in [5.41, 5.74) is 3.15. The van der Waals surface area contributed by atoms with Crippen LogP contribution in [-0.4, -0.2) is 35.0 Å². The molecule has 1 aromatic heterocycles. The summed E-state index contributed by atoms with van der Waals surface area (Å²) in [4.78, 5) is 17.0. The molecule has 4 rings (SSSR count). The number of anilines is 1. The molecule has 172 valence electrons. The summed E-state index contributed by atoms with van der Waals surface area (Å²) in [5, 5.41) is 12.7. The predicted octanol–water partition coefficient (Wildman–Crippen LogP) is 5.81. The predicted molar refractivity (Wildman–Crippen MR) is 134 cm³/mol. The van der Waals surface area contributed by atoms with Crippen molar-refractivity contribution in [2.45, 2.75) is 31.1 Å². The summed E-state index contributed by atoms with van der Waals surface area (Å²) in [5.74, 6) is 2.48. The largest absolute Gasteiger partial charge is 0.494 e. The van der Waals surface area contributed by atoms with Gasteiger partial charge in [0.05, 0.1) is 13.0 Å². The van der Waals surface area contributed by atoms with Gasteiger partial charge in [-0.05, 0) is 65.5 Å². The molecule has 2 N–H and O–H groups in total. The monoisotopic (exact) mass is 462 g/mol. The third-order valence-corrected chi connectivity index (χ3v) is 6.72. The highest BCUT2D eigenvalue weighted by Gasteiger charge is 2.26. The Morgan fingerprint density at radius 3 is 3.00 bits per heavy atom. The molecule has 6 heteroatoms. The average Bonchev–Trinajstić information content (AvgIpc) is 2.95. The lowest BCUT2D eigenvalue weighted by Gasteiger charge is -2.23. The summed E-state index contributed by atoms with van der Waals surface area (Å²) < 4.78 is 6.05. The van der Waals surface area contributed by atoms with E-state index < -0.39 is 5.97 Å². The number of aliphatic carboxylic acids is 1. The van der Waals surface area contributed by atoms with Crippen LogP contribution in [0.25, 0.3) is 5.57 Å². The van der Waals surface area contributed by atoms with Crippen LogP contribution in [0.15, 0.2) is 77.6 Å². The smallest absolute Gasteiger partial charge is 0.307 e. The van der Waals surface area contributed by atoms with Crippen molar-refractivity contribution in [3.63, 3.8) is 0 Å². The van der Waals surface area contributed by atoms with Crippen molar-refractivity contribution < 1.29 is 14.6 Å². The maximum Gasteiger partial charge on any atom is 0.307 e. The Morgan fingerprint density at radius 2 is 2.15 bits per heavy atom. The summed E-state index contributed by atoms with van der Waals surface area (Å²) in [7, 11) is 0. The molecule has 0 saturated carbocycles. The Bertz CT molecular complexity index is 1080. The van der Waals surface area contributed by atoms with Gasteiger partial charge in [-0.25, -0.2) is 4.98 Å². The third-order valence-electron chi connectivity index (χ3n) is 5.85.